The van der Waals surface area contributed by atoms with Crippen molar-refractivity contribution in [2.24, 2.45) is 5.92 Å². The Kier molecular flexibility index (Phi) is 7.62. The number of hydrogen-bond acceptors (Lipinski definition) is 6. The van der Waals surface area contributed by atoms with Gasteiger partial charge in [-0.3, -0.25) is 14.9 Å². The number of carbonyl (C=O) groups is 1. The van der Waals surface area contributed by atoms with Crippen LogP contribution in [-0.4, -0.2) is 50.7 Å². The summed E-state index contributed by atoms with van der Waals surface area (Å²) in [5.74, 6) is 0.415. The zero-order valence-electron chi connectivity index (χ0n) is 17.4. The molecule has 1 fully saturated rings. The highest BCUT2D eigenvalue weighted by Gasteiger charge is 2.26. The SMILES string of the molecule is CNc1cc(N(C)CC(C)OC)c(C(=O)N[C@H]2CC[C@H](C)CC2)cc1[N+](=O)[O-]. The van der Waals surface area contributed by atoms with Crippen LogP contribution < -0.4 is 15.5 Å². The normalized spacial score (nSPS) is 20.3. The average Bonchev–Trinajstić information content (AvgIpc) is 2.68. The molecule has 1 aromatic rings. The first-order valence-electron chi connectivity index (χ1n) is 9.81. The van der Waals surface area contributed by atoms with Crippen molar-refractivity contribution in [3.63, 3.8) is 0 Å². The van der Waals surface area contributed by atoms with Crippen LogP contribution in [0.5, 0.6) is 0 Å². The maximum Gasteiger partial charge on any atom is 0.293 e. The Morgan fingerprint density at radius 1 is 1.36 bits per heavy atom. The minimum Gasteiger partial charge on any atom is -0.383 e. The minimum absolute atomic E-state index is 0.0472. The summed E-state index contributed by atoms with van der Waals surface area (Å²) < 4.78 is 5.33. The second kappa shape index (κ2) is 9.73. The molecule has 1 aliphatic rings. The molecule has 1 saturated carbocycles. The molecular weight excluding hydrogens is 360 g/mol. The lowest BCUT2D eigenvalue weighted by Gasteiger charge is -2.29. The van der Waals surface area contributed by atoms with Crippen molar-refractivity contribution in [2.75, 3.05) is 38.0 Å². The summed E-state index contributed by atoms with van der Waals surface area (Å²) in [6.07, 6.45) is 4.00. The van der Waals surface area contributed by atoms with E-state index in [1.165, 1.54) is 6.07 Å². The van der Waals surface area contributed by atoms with Gasteiger partial charge in [0.25, 0.3) is 11.6 Å². The van der Waals surface area contributed by atoms with Crippen LogP contribution in [0, 0.1) is 16.0 Å². The van der Waals surface area contributed by atoms with Gasteiger partial charge >= 0.3 is 0 Å². The van der Waals surface area contributed by atoms with Crippen molar-refractivity contribution in [1.29, 1.82) is 0 Å². The first-order chi connectivity index (χ1) is 13.3. The minimum atomic E-state index is -0.466. The molecule has 0 radical (unpaired) electrons. The van der Waals surface area contributed by atoms with Crippen molar-refractivity contribution >= 4 is 23.0 Å². The molecule has 0 bridgehead atoms. The third-order valence-corrected chi connectivity index (χ3v) is 5.52. The number of hydrogen-bond donors (Lipinski definition) is 2. The third-order valence-electron chi connectivity index (χ3n) is 5.52. The molecule has 8 nitrogen and oxygen atoms in total. The van der Waals surface area contributed by atoms with Crippen molar-refractivity contribution < 1.29 is 14.5 Å². The molecule has 156 valence electrons. The Morgan fingerprint density at radius 3 is 2.54 bits per heavy atom. The van der Waals surface area contributed by atoms with Crippen LogP contribution in [-0.2, 0) is 4.74 Å². The lowest BCUT2D eigenvalue weighted by molar-refractivity contribution is -0.383. The van der Waals surface area contributed by atoms with E-state index < -0.39 is 4.92 Å². The van der Waals surface area contributed by atoms with E-state index in [9.17, 15) is 14.9 Å². The monoisotopic (exact) mass is 392 g/mol. The van der Waals surface area contributed by atoms with Gasteiger partial charge in [-0.05, 0) is 44.6 Å². The number of methoxy groups -OCH3 is 1. The maximum atomic E-state index is 13.0. The van der Waals surface area contributed by atoms with Crippen LogP contribution in [0.1, 0.15) is 49.9 Å². The quantitative estimate of drug-likeness (QED) is 0.520. The first kappa shape index (κ1) is 21.9. The lowest BCUT2D eigenvalue weighted by atomic mass is 9.87. The van der Waals surface area contributed by atoms with E-state index >= 15 is 0 Å². The molecule has 28 heavy (non-hydrogen) atoms. The zero-order valence-corrected chi connectivity index (χ0v) is 17.4. The molecule has 8 heteroatoms. The fourth-order valence-corrected chi connectivity index (χ4v) is 3.65. The van der Waals surface area contributed by atoms with E-state index in [1.54, 1.807) is 20.2 Å². The van der Waals surface area contributed by atoms with E-state index in [-0.39, 0.29) is 23.7 Å². The second-order valence-corrected chi connectivity index (χ2v) is 7.75. The van der Waals surface area contributed by atoms with Gasteiger partial charge in [0.15, 0.2) is 0 Å². The summed E-state index contributed by atoms with van der Waals surface area (Å²) in [6, 6.07) is 3.15. The summed E-state index contributed by atoms with van der Waals surface area (Å²) in [6.45, 7) is 4.71. The number of nitro benzene ring substituents is 1. The smallest absolute Gasteiger partial charge is 0.293 e. The largest absolute Gasteiger partial charge is 0.383 e. The van der Waals surface area contributed by atoms with Gasteiger partial charge in [0.1, 0.15) is 5.69 Å². The zero-order chi connectivity index (χ0) is 20.8. The topological polar surface area (TPSA) is 96.7 Å². The highest BCUT2D eigenvalue weighted by Crippen LogP contribution is 2.33. The van der Waals surface area contributed by atoms with Crippen LogP contribution in [0.2, 0.25) is 0 Å². The number of anilines is 2. The van der Waals surface area contributed by atoms with Gasteiger partial charge in [-0.25, -0.2) is 0 Å². The van der Waals surface area contributed by atoms with Gasteiger partial charge in [0.05, 0.1) is 22.3 Å². The number of amides is 1. The van der Waals surface area contributed by atoms with Crippen LogP contribution in [0.25, 0.3) is 0 Å². The molecule has 2 N–H and O–H groups in total. The van der Waals surface area contributed by atoms with Gasteiger partial charge in [-0.1, -0.05) is 6.92 Å². The standard InChI is InChI=1S/C20H32N4O4/c1-13-6-8-15(9-7-13)22-20(25)16-10-19(24(26)27)17(21-3)11-18(16)23(4)12-14(2)28-5/h10-11,13-15,21H,6-9,12H2,1-5H3,(H,22,25)/t13-,14?,15-. The highest BCUT2D eigenvalue weighted by molar-refractivity contribution is 6.02. The molecule has 1 atom stereocenters. The Morgan fingerprint density at radius 2 is 2.00 bits per heavy atom. The van der Waals surface area contributed by atoms with Crippen LogP contribution in [0.4, 0.5) is 17.1 Å². The number of nitrogens with zero attached hydrogens (tertiary/aromatic N) is 2. The van der Waals surface area contributed by atoms with Gasteiger partial charge in [-0.15, -0.1) is 0 Å². The van der Waals surface area contributed by atoms with E-state index in [1.807, 2.05) is 18.9 Å². The summed E-state index contributed by atoms with van der Waals surface area (Å²) in [5, 5.41) is 17.4. The molecule has 1 unspecified atom stereocenters. The lowest BCUT2D eigenvalue weighted by Crippen LogP contribution is -2.38. The number of carbonyl (C=O) groups excluding carboxylic acids is 1. The van der Waals surface area contributed by atoms with Gasteiger partial charge < -0.3 is 20.3 Å². The molecule has 0 aliphatic heterocycles. The number of rotatable bonds is 8. The van der Waals surface area contributed by atoms with Crippen LogP contribution in [0.3, 0.4) is 0 Å². The third kappa shape index (κ3) is 5.34. The predicted octanol–water partition coefficient (Wildman–Crippen LogP) is 3.42. The Hall–Kier alpha value is -2.35. The fraction of sp³-hybridized carbons (Fsp3) is 0.650. The first-order valence-corrected chi connectivity index (χ1v) is 9.81. The molecule has 1 aromatic carbocycles. The van der Waals surface area contributed by atoms with Gasteiger partial charge in [0, 0.05) is 39.9 Å². The number of benzene rings is 1. The number of ether oxygens (including phenoxy) is 1. The van der Waals surface area contributed by atoms with Crippen LogP contribution in [0.15, 0.2) is 12.1 Å². The maximum absolute atomic E-state index is 13.0. The van der Waals surface area contributed by atoms with Gasteiger partial charge in [0.2, 0.25) is 0 Å². The molecule has 2 rings (SSSR count). The fourth-order valence-electron chi connectivity index (χ4n) is 3.65. The van der Waals surface area contributed by atoms with E-state index in [0.717, 1.165) is 25.7 Å². The molecule has 1 aliphatic carbocycles. The summed E-state index contributed by atoms with van der Waals surface area (Å²) >= 11 is 0. The number of likely N-dealkylation sites (N-methyl/N-ethyl adjacent to an activating group) is 1. The summed E-state index contributed by atoms with van der Waals surface area (Å²) in [4.78, 5) is 26.0. The number of nitrogens with one attached hydrogen (secondary N) is 2. The van der Waals surface area contributed by atoms with Crippen molar-refractivity contribution in [3.8, 4) is 0 Å². The van der Waals surface area contributed by atoms with E-state index in [4.69, 9.17) is 4.74 Å². The highest BCUT2D eigenvalue weighted by atomic mass is 16.6. The molecular formula is C20H32N4O4. The molecule has 0 heterocycles. The molecule has 0 aromatic heterocycles. The van der Waals surface area contributed by atoms with Gasteiger partial charge in [-0.2, -0.15) is 0 Å². The van der Waals surface area contributed by atoms with E-state index in [0.29, 0.717) is 29.4 Å². The summed E-state index contributed by atoms with van der Waals surface area (Å²) in [5.41, 5.74) is 1.22. The van der Waals surface area contributed by atoms with E-state index in [2.05, 4.69) is 17.6 Å². The predicted molar refractivity (Wildman–Crippen MR) is 111 cm³/mol. The molecule has 1 amide bonds. The average molecular weight is 393 g/mol. The van der Waals surface area contributed by atoms with Crippen molar-refractivity contribution in [2.45, 2.75) is 51.7 Å². The Balaban J connectivity index is 2.36. The summed E-state index contributed by atoms with van der Waals surface area (Å²) in [7, 11) is 5.12. The Bertz CT molecular complexity index is 702. The van der Waals surface area contributed by atoms with Crippen molar-refractivity contribution in [3.05, 3.63) is 27.8 Å². The molecule has 0 saturated heterocycles. The molecule has 0 spiro atoms. The number of nitro groups is 1. The van der Waals surface area contributed by atoms with Crippen molar-refractivity contribution in [1.82, 2.24) is 5.32 Å². The second-order valence-electron chi connectivity index (χ2n) is 7.75. The van der Waals surface area contributed by atoms with Crippen LogP contribution >= 0.6 is 0 Å². The Labute approximate surface area is 166 Å².